The molecule has 148 valence electrons. The van der Waals surface area contributed by atoms with Gasteiger partial charge in [-0.25, -0.2) is 9.78 Å². The highest BCUT2D eigenvalue weighted by molar-refractivity contribution is 8.00. The maximum Gasteiger partial charge on any atom is 0.321 e. The summed E-state index contributed by atoms with van der Waals surface area (Å²) in [7, 11) is 0. The first-order chi connectivity index (χ1) is 13.5. The molecular formula is C20H24N4O3S. The van der Waals surface area contributed by atoms with Gasteiger partial charge in [-0.2, -0.15) is 0 Å². The molecule has 0 bridgehead atoms. The number of urea groups is 1. The summed E-state index contributed by atoms with van der Waals surface area (Å²) in [6, 6.07) is 6.75. The fourth-order valence-electron chi connectivity index (χ4n) is 3.24. The molecule has 1 aromatic heterocycles. The van der Waals surface area contributed by atoms with Crippen LogP contribution in [0.2, 0.25) is 0 Å². The van der Waals surface area contributed by atoms with Crippen LogP contribution in [0.5, 0.6) is 0 Å². The number of hydrogen-bond donors (Lipinski definition) is 2. The van der Waals surface area contributed by atoms with Gasteiger partial charge in [-0.1, -0.05) is 42.8 Å². The molecule has 1 heterocycles. The highest BCUT2D eigenvalue weighted by atomic mass is 32.2. The van der Waals surface area contributed by atoms with Gasteiger partial charge < -0.3 is 5.32 Å². The number of nitrogens with zero attached hydrogens (tertiary/aromatic N) is 2. The summed E-state index contributed by atoms with van der Waals surface area (Å²) < 4.78 is 1.49. The van der Waals surface area contributed by atoms with Crippen LogP contribution in [0.4, 0.5) is 4.79 Å². The van der Waals surface area contributed by atoms with Gasteiger partial charge in [0.15, 0.2) is 5.16 Å². The summed E-state index contributed by atoms with van der Waals surface area (Å²) in [5, 5.41) is 5.55. The summed E-state index contributed by atoms with van der Waals surface area (Å²) in [6.45, 7) is 5.66. The van der Waals surface area contributed by atoms with Crippen LogP contribution in [-0.2, 0) is 11.3 Å². The molecule has 1 saturated carbocycles. The zero-order valence-electron chi connectivity index (χ0n) is 15.8. The van der Waals surface area contributed by atoms with Crippen LogP contribution in [0.25, 0.3) is 10.9 Å². The van der Waals surface area contributed by atoms with Crippen molar-refractivity contribution >= 4 is 34.6 Å². The number of rotatable bonds is 6. The number of para-hydroxylation sites is 1. The molecule has 0 spiro atoms. The molecule has 3 rings (SSSR count). The van der Waals surface area contributed by atoms with Gasteiger partial charge in [-0.3, -0.25) is 19.5 Å². The Morgan fingerprint density at radius 1 is 1.36 bits per heavy atom. The van der Waals surface area contributed by atoms with Gasteiger partial charge in [0.2, 0.25) is 5.91 Å². The lowest BCUT2D eigenvalue weighted by Crippen LogP contribution is -2.46. The fourth-order valence-corrected chi connectivity index (χ4v) is 4.16. The number of benzene rings is 1. The molecule has 0 unspecified atom stereocenters. The second kappa shape index (κ2) is 9.05. The lowest BCUT2D eigenvalue weighted by Gasteiger charge is -2.16. The van der Waals surface area contributed by atoms with Gasteiger partial charge in [0.1, 0.15) is 0 Å². The minimum absolute atomic E-state index is 0.135. The van der Waals surface area contributed by atoms with Crippen molar-refractivity contribution in [2.24, 2.45) is 0 Å². The Morgan fingerprint density at radius 2 is 2.07 bits per heavy atom. The first-order valence-electron chi connectivity index (χ1n) is 9.38. The zero-order valence-corrected chi connectivity index (χ0v) is 16.6. The number of fused-ring (bicyclic) bond motifs is 1. The summed E-state index contributed by atoms with van der Waals surface area (Å²) in [4.78, 5) is 41.7. The number of imide groups is 1. The molecule has 7 nitrogen and oxygen atoms in total. The Bertz CT molecular complexity index is 950. The molecule has 3 amide bonds. The summed E-state index contributed by atoms with van der Waals surface area (Å²) in [5.41, 5.74) is 0.390. The molecule has 0 aliphatic heterocycles. The van der Waals surface area contributed by atoms with Gasteiger partial charge in [-0.05, 0) is 31.9 Å². The standard InChI is InChI=1S/C20H24N4O3S/c1-3-12-24-18(26)15-10-6-7-11-16(15)22-20(24)28-13(2)17(25)23-19(27)21-14-8-4-5-9-14/h3,6-7,10-11,13-14H,1,4-5,8-9,12H2,2H3,(H2,21,23,25,27)/t13-/m0/s1. The van der Waals surface area contributed by atoms with Crippen LogP contribution < -0.4 is 16.2 Å². The van der Waals surface area contributed by atoms with Crippen molar-refractivity contribution in [3.05, 3.63) is 47.3 Å². The van der Waals surface area contributed by atoms with Gasteiger partial charge in [0.05, 0.1) is 16.2 Å². The van der Waals surface area contributed by atoms with E-state index < -0.39 is 17.2 Å². The highest BCUT2D eigenvalue weighted by Gasteiger charge is 2.23. The Kier molecular flexibility index (Phi) is 6.51. The van der Waals surface area contributed by atoms with Crippen LogP contribution in [-0.4, -0.2) is 32.8 Å². The van der Waals surface area contributed by atoms with Crippen molar-refractivity contribution in [1.82, 2.24) is 20.2 Å². The molecule has 0 saturated heterocycles. The number of carbonyl (C=O) groups is 2. The van der Waals surface area contributed by atoms with E-state index in [0.717, 1.165) is 37.4 Å². The third-order valence-corrected chi connectivity index (χ3v) is 5.81. The van der Waals surface area contributed by atoms with Gasteiger partial charge in [0, 0.05) is 12.6 Å². The lowest BCUT2D eigenvalue weighted by atomic mass is 10.2. The molecule has 2 aromatic rings. The Balaban J connectivity index is 1.74. The van der Waals surface area contributed by atoms with E-state index in [-0.39, 0.29) is 18.1 Å². The highest BCUT2D eigenvalue weighted by Crippen LogP contribution is 2.23. The van der Waals surface area contributed by atoms with Crippen molar-refractivity contribution in [2.75, 3.05) is 0 Å². The number of amides is 3. The largest absolute Gasteiger partial charge is 0.335 e. The summed E-state index contributed by atoms with van der Waals surface area (Å²) in [6.07, 6.45) is 5.70. The number of nitrogens with one attached hydrogen (secondary N) is 2. The number of hydrogen-bond acceptors (Lipinski definition) is 5. The second-order valence-electron chi connectivity index (χ2n) is 6.82. The molecule has 1 aromatic carbocycles. The quantitative estimate of drug-likeness (QED) is 0.442. The number of aromatic nitrogens is 2. The first kappa shape index (κ1) is 20.1. The van der Waals surface area contributed by atoms with Crippen molar-refractivity contribution in [3.63, 3.8) is 0 Å². The van der Waals surface area contributed by atoms with Gasteiger partial charge in [-0.15, -0.1) is 6.58 Å². The Labute approximate surface area is 167 Å². The minimum Gasteiger partial charge on any atom is -0.335 e. The smallest absolute Gasteiger partial charge is 0.321 e. The normalized spacial score (nSPS) is 15.3. The number of allylic oxidation sites excluding steroid dienone is 1. The van der Waals surface area contributed by atoms with Crippen LogP contribution in [0.3, 0.4) is 0 Å². The van der Waals surface area contributed by atoms with E-state index in [1.54, 1.807) is 31.2 Å². The molecule has 1 fully saturated rings. The SMILES string of the molecule is C=CCn1c(S[C@@H](C)C(=O)NC(=O)NC2CCCC2)nc2ccccc2c1=O. The predicted molar refractivity (Wildman–Crippen MR) is 110 cm³/mol. The maximum absolute atomic E-state index is 12.8. The van der Waals surface area contributed by atoms with Crippen molar-refractivity contribution in [2.45, 2.75) is 55.6 Å². The summed E-state index contributed by atoms with van der Waals surface area (Å²) in [5.74, 6) is -0.423. The van der Waals surface area contributed by atoms with Crippen molar-refractivity contribution in [1.29, 1.82) is 0 Å². The maximum atomic E-state index is 12.8. The number of carbonyl (C=O) groups excluding carboxylic acids is 2. The van der Waals surface area contributed by atoms with E-state index in [1.165, 1.54) is 4.57 Å². The van der Waals surface area contributed by atoms with Crippen molar-refractivity contribution in [3.8, 4) is 0 Å². The monoisotopic (exact) mass is 400 g/mol. The topological polar surface area (TPSA) is 93.1 Å². The van der Waals surface area contributed by atoms with Crippen LogP contribution in [0.15, 0.2) is 46.9 Å². The van der Waals surface area contributed by atoms with Gasteiger partial charge in [0.25, 0.3) is 5.56 Å². The zero-order chi connectivity index (χ0) is 20.1. The average Bonchev–Trinajstić information content (AvgIpc) is 3.17. The molecule has 28 heavy (non-hydrogen) atoms. The fraction of sp³-hybridized carbons (Fsp3) is 0.400. The first-order valence-corrected chi connectivity index (χ1v) is 10.3. The van der Waals surface area contributed by atoms with E-state index in [2.05, 4.69) is 22.2 Å². The third-order valence-electron chi connectivity index (χ3n) is 4.72. The molecule has 1 atom stereocenters. The van der Waals surface area contributed by atoms with E-state index in [4.69, 9.17) is 0 Å². The molecular weight excluding hydrogens is 376 g/mol. The Morgan fingerprint density at radius 3 is 2.79 bits per heavy atom. The molecule has 0 radical (unpaired) electrons. The number of thioether (sulfide) groups is 1. The van der Waals surface area contributed by atoms with Crippen LogP contribution in [0, 0.1) is 0 Å². The van der Waals surface area contributed by atoms with Crippen LogP contribution in [0.1, 0.15) is 32.6 Å². The van der Waals surface area contributed by atoms with Gasteiger partial charge >= 0.3 is 6.03 Å². The lowest BCUT2D eigenvalue weighted by molar-refractivity contribution is -0.119. The summed E-state index contributed by atoms with van der Waals surface area (Å²) >= 11 is 1.14. The van der Waals surface area contributed by atoms with E-state index in [9.17, 15) is 14.4 Å². The van der Waals surface area contributed by atoms with E-state index >= 15 is 0 Å². The minimum atomic E-state index is -0.599. The predicted octanol–water partition coefficient (Wildman–Crippen LogP) is 2.83. The molecule has 2 N–H and O–H groups in total. The average molecular weight is 401 g/mol. The molecule has 8 heteroatoms. The molecule has 1 aliphatic carbocycles. The Hall–Kier alpha value is -2.61. The molecule has 1 aliphatic rings. The van der Waals surface area contributed by atoms with E-state index in [1.807, 2.05) is 6.07 Å². The second-order valence-corrected chi connectivity index (χ2v) is 8.13. The van der Waals surface area contributed by atoms with Crippen LogP contribution >= 0.6 is 11.8 Å². The third kappa shape index (κ3) is 4.62. The van der Waals surface area contributed by atoms with E-state index in [0.29, 0.717) is 16.1 Å². The van der Waals surface area contributed by atoms with Crippen molar-refractivity contribution < 1.29 is 9.59 Å².